The van der Waals surface area contributed by atoms with Crippen LogP contribution in [-0.2, 0) is 11.3 Å². The number of nitrogens with one attached hydrogen (secondary N) is 1. The van der Waals surface area contributed by atoms with E-state index in [0.29, 0.717) is 18.4 Å². The van der Waals surface area contributed by atoms with Gasteiger partial charge in [-0.3, -0.25) is 4.79 Å². The minimum atomic E-state index is 0.176. The highest BCUT2D eigenvalue weighted by molar-refractivity contribution is 9.10. The Morgan fingerprint density at radius 2 is 2.04 bits per heavy atom. The molecule has 2 aliphatic rings. The maximum atomic E-state index is 12.4. The van der Waals surface area contributed by atoms with Crippen molar-refractivity contribution in [3.8, 4) is 0 Å². The first-order valence-electron chi connectivity index (χ1n) is 9.96. The third-order valence-corrected chi connectivity index (χ3v) is 6.60. The maximum absolute atomic E-state index is 12.4. The number of amides is 1. The molecule has 2 atom stereocenters. The number of aryl methyl sites for hydroxylation is 1. The minimum absolute atomic E-state index is 0.176. The Morgan fingerprint density at radius 3 is 2.96 bits per heavy atom. The van der Waals surface area contributed by atoms with Gasteiger partial charge in [-0.25, -0.2) is 0 Å². The molecule has 1 aromatic carbocycles. The number of nitrogens with zero attached hydrogens (tertiary/aromatic N) is 2. The van der Waals surface area contributed by atoms with E-state index in [1.807, 2.05) is 0 Å². The fourth-order valence-corrected chi connectivity index (χ4v) is 5.07. The summed E-state index contributed by atoms with van der Waals surface area (Å²) >= 11 is 3.53. The second-order valence-electron chi connectivity index (χ2n) is 7.77. The van der Waals surface area contributed by atoms with Gasteiger partial charge in [-0.15, -0.1) is 0 Å². The molecule has 26 heavy (non-hydrogen) atoms. The van der Waals surface area contributed by atoms with E-state index >= 15 is 0 Å². The van der Waals surface area contributed by atoms with Gasteiger partial charge >= 0.3 is 0 Å². The third-order valence-electron chi connectivity index (χ3n) is 6.11. The molecule has 2 aliphatic heterocycles. The highest BCUT2D eigenvalue weighted by atomic mass is 79.9. The first-order valence-corrected chi connectivity index (χ1v) is 10.8. The van der Waals surface area contributed by atoms with Crippen LogP contribution in [0.2, 0.25) is 0 Å². The average molecular weight is 418 g/mol. The number of aromatic nitrogens is 1. The lowest BCUT2D eigenvalue weighted by atomic mass is 9.83. The summed E-state index contributed by atoms with van der Waals surface area (Å²) < 4.78 is 3.24. The predicted molar refractivity (Wildman–Crippen MR) is 109 cm³/mol. The van der Waals surface area contributed by atoms with Crippen LogP contribution in [0, 0.1) is 5.92 Å². The van der Waals surface area contributed by atoms with Gasteiger partial charge in [-0.05, 0) is 68.3 Å². The maximum Gasteiger partial charge on any atom is 0.221 e. The Morgan fingerprint density at radius 1 is 1.15 bits per heavy atom. The molecule has 2 unspecified atom stereocenters. The SMILES string of the molecule is O=C(CCn1ccc2ccc(Br)cc21)NCC1CCCN2CCCCC12. The van der Waals surface area contributed by atoms with E-state index in [9.17, 15) is 4.79 Å². The zero-order valence-corrected chi connectivity index (χ0v) is 16.9. The van der Waals surface area contributed by atoms with E-state index in [4.69, 9.17) is 0 Å². The number of carbonyl (C=O) groups excluding carboxylic acids is 1. The zero-order chi connectivity index (χ0) is 17.9. The fourth-order valence-electron chi connectivity index (χ4n) is 4.72. The monoisotopic (exact) mass is 417 g/mol. The predicted octanol–water partition coefficient (Wildman–Crippen LogP) is 4.17. The van der Waals surface area contributed by atoms with E-state index in [-0.39, 0.29) is 5.91 Å². The summed E-state index contributed by atoms with van der Waals surface area (Å²) in [5, 5.41) is 4.44. The van der Waals surface area contributed by atoms with E-state index in [1.165, 1.54) is 56.1 Å². The van der Waals surface area contributed by atoms with E-state index in [2.05, 4.69) is 61.2 Å². The molecule has 4 nitrogen and oxygen atoms in total. The zero-order valence-electron chi connectivity index (χ0n) is 15.3. The lowest BCUT2D eigenvalue weighted by Gasteiger charge is -2.44. The van der Waals surface area contributed by atoms with Gasteiger partial charge in [0.1, 0.15) is 0 Å². The molecule has 2 aromatic rings. The summed E-state index contributed by atoms with van der Waals surface area (Å²) in [5.41, 5.74) is 1.18. The van der Waals surface area contributed by atoms with Crippen molar-refractivity contribution in [2.24, 2.45) is 5.92 Å². The van der Waals surface area contributed by atoms with Crippen LogP contribution >= 0.6 is 15.9 Å². The van der Waals surface area contributed by atoms with Gasteiger partial charge in [0.2, 0.25) is 5.91 Å². The molecule has 0 radical (unpaired) electrons. The second-order valence-corrected chi connectivity index (χ2v) is 8.68. The van der Waals surface area contributed by atoms with E-state index < -0.39 is 0 Å². The van der Waals surface area contributed by atoms with Crippen LogP contribution in [0.5, 0.6) is 0 Å². The number of fused-ring (bicyclic) bond motifs is 2. The fraction of sp³-hybridized carbons (Fsp3) is 0.571. The number of carbonyl (C=O) groups is 1. The first-order chi connectivity index (χ1) is 12.7. The van der Waals surface area contributed by atoms with Gasteiger partial charge in [0.25, 0.3) is 0 Å². The van der Waals surface area contributed by atoms with Crippen LogP contribution in [0.4, 0.5) is 0 Å². The van der Waals surface area contributed by atoms with Crippen molar-refractivity contribution in [3.63, 3.8) is 0 Å². The Balaban J connectivity index is 1.29. The Bertz CT molecular complexity index is 770. The summed E-state index contributed by atoms with van der Waals surface area (Å²) in [5.74, 6) is 0.811. The van der Waals surface area contributed by atoms with Crippen LogP contribution in [0.25, 0.3) is 10.9 Å². The number of halogens is 1. The normalized spacial score (nSPS) is 23.7. The quantitative estimate of drug-likeness (QED) is 0.791. The van der Waals surface area contributed by atoms with Crippen molar-refractivity contribution >= 4 is 32.7 Å². The second kappa shape index (κ2) is 8.13. The molecule has 0 aliphatic carbocycles. The standard InChI is InChI=1S/C21H28BrN3O/c22-18-7-6-16-8-12-25(20(16)14-18)13-9-21(26)23-15-17-4-3-11-24-10-2-1-5-19(17)24/h6-8,12,14,17,19H,1-5,9-11,13,15H2,(H,23,26). The number of hydrogen-bond acceptors (Lipinski definition) is 2. The Hall–Kier alpha value is -1.33. The van der Waals surface area contributed by atoms with Crippen molar-refractivity contribution in [2.75, 3.05) is 19.6 Å². The van der Waals surface area contributed by atoms with Crippen LogP contribution < -0.4 is 5.32 Å². The molecule has 0 saturated carbocycles. The molecule has 4 rings (SSSR count). The van der Waals surface area contributed by atoms with Crippen LogP contribution in [-0.4, -0.2) is 41.1 Å². The van der Waals surface area contributed by atoms with Crippen molar-refractivity contribution in [2.45, 2.75) is 51.1 Å². The molecule has 5 heteroatoms. The summed E-state index contributed by atoms with van der Waals surface area (Å²) in [6.45, 7) is 4.08. The summed E-state index contributed by atoms with van der Waals surface area (Å²) in [6, 6.07) is 9.09. The summed E-state index contributed by atoms with van der Waals surface area (Å²) in [4.78, 5) is 15.1. The number of benzene rings is 1. The molecule has 0 bridgehead atoms. The van der Waals surface area contributed by atoms with E-state index in [1.54, 1.807) is 0 Å². The molecule has 140 valence electrons. The molecule has 2 fully saturated rings. The summed E-state index contributed by atoms with van der Waals surface area (Å²) in [6.07, 6.45) is 9.16. The lowest BCUT2D eigenvalue weighted by molar-refractivity contribution is -0.121. The topological polar surface area (TPSA) is 37.3 Å². The van der Waals surface area contributed by atoms with Crippen molar-refractivity contribution in [1.82, 2.24) is 14.8 Å². The highest BCUT2D eigenvalue weighted by Gasteiger charge is 2.32. The highest BCUT2D eigenvalue weighted by Crippen LogP contribution is 2.30. The van der Waals surface area contributed by atoms with Crippen LogP contribution in [0.1, 0.15) is 38.5 Å². The van der Waals surface area contributed by atoms with Gasteiger partial charge in [0, 0.05) is 41.7 Å². The lowest BCUT2D eigenvalue weighted by Crippen LogP contribution is -2.51. The van der Waals surface area contributed by atoms with Crippen LogP contribution in [0.3, 0.4) is 0 Å². The molecule has 0 spiro atoms. The number of rotatable bonds is 5. The number of piperidine rings is 2. The molecule has 1 amide bonds. The molecule has 1 N–H and O–H groups in total. The Labute approximate surface area is 164 Å². The number of hydrogen-bond donors (Lipinski definition) is 1. The molecular weight excluding hydrogens is 390 g/mol. The van der Waals surface area contributed by atoms with Gasteiger partial charge in [0.15, 0.2) is 0 Å². The Kier molecular flexibility index (Phi) is 5.65. The average Bonchev–Trinajstić information content (AvgIpc) is 3.06. The van der Waals surface area contributed by atoms with Crippen LogP contribution in [0.15, 0.2) is 34.9 Å². The van der Waals surface area contributed by atoms with Gasteiger partial charge < -0.3 is 14.8 Å². The van der Waals surface area contributed by atoms with Crippen molar-refractivity contribution in [3.05, 3.63) is 34.9 Å². The van der Waals surface area contributed by atoms with Gasteiger partial charge in [-0.1, -0.05) is 28.4 Å². The first kappa shape index (κ1) is 18.1. The molecular formula is C21H28BrN3O. The van der Waals surface area contributed by atoms with Gasteiger partial charge in [0.05, 0.1) is 0 Å². The van der Waals surface area contributed by atoms with Crippen molar-refractivity contribution in [1.29, 1.82) is 0 Å². The minimum Gasteiger partial charge on any atom is -0.356 e. The molecule has 1 aromatic heterocycles. The van der Waals surface area contributed by atoms with Gasteiger partial charge in [-0.2, -0.15) is 0 Å². The third kappa shape index (κ3) is 3.99. The summed E-state index contributed by atoms with van der Waals surface area (Å²) in [7, 11) is 0. The molecule has 2 saturated heterocycles. The molecule has 3 heterocycles. The van der Waals surface area contributed by atoms with E-state index in [0.717, 1.165) is 17.6 Å². The smallest absolute Gasteiger partial charge is 0.221 e. The van der Waals surface area contributed by atoms with Crippen molar-refractivity contribution < 1.29 is 4.79 Å². The largest absolute Gasteiger partial charge is 0.356 e.